The van der Waals surface area contributed by atoms with E-state index in [2.05, 4.69) is 15.5 Å². The van der Waals surface area contributed by atoms with E-state index in [1.54, 1.807) is 20.5 Å². The molecule has 0 aliphatic heterocycles. The molecule has 9 heteroatoms. The fourth-order valence-corrected chi connectivity index (χ4v) is 3.60. The predicted octanol–water partition coefficient (Wildman–Crippen LogP) is 2.85. The lowest BCUT2D eigenvalue weighted by molar-refractivity contribution is -0.118. The van der Waals surface area contributed by atoms with Crippen LogP contribution in [0.25, 0.3) is 11.4 Å². The normalized spacial score (nSPS) is 10.8. The van der Waals surface area contributed by atoms with Gasteiger partial charge in [0.1, 0.15) is 5.76 Å². The number of carbonyl (C=O) groups excluding carboxylic acids is 1. The maximum Gasteiger partial charge on any atom is 0.230 e. The Labute approximate surface area is 173 Å². The highest BCUT2D eigenvalue weighted by molar-refractivity contribution is 7.99. The molecule has 3 rings (SSSR count). The second kappa shape index (κ2) is 9.51. The molecule has 2 heterocycles. The van der Waals surface area contributed by atoms with E-state index in [9.17, 15) is 4.79 Å². The lowest BCUT2D eigenvalue weighted by Gasteiger charge is -2.10. The van der Waals surface area contributed by atoms with Gasteiger partial charge in [-0.1, -0.05) is 17.8 Å². The molecule has 0 saturated heterocycles. The van der Waals surface area contributed by atoms with E-state index in [0.717, 1.165) is 16.9 Å². The Morgan fingerprint density at radius 1 is 1.21 bits per heavy atom. The van der Waals surface area contributed by atoms with Gasteiger partial charge in [-0.3, -0.25) is 4.79 Å². The summed E-state index contributed by atoms with van der Waals surface area (Å²) < 4.78 is 17.7. The molecule has 0 saturated carbocycles. The molecule has 0 aliphatic rings. The largest absolute Gasteiger partial charge is 0.493 e. The number of hydrogen-bond acceptors (Lipinski definition) is 7. The summed E-state index contributed by atoms with van der Waals surface area (Å²) in [7, 11) is 5.08. The van der Waals surface area contributed by atoms with E-state index in [1.165, 1.54) is 11.8 Å². The maximum atomic E-state index is 12.2. The number of hydrogen-bond donors (Lipinski definition) is 1. The molecule has 29 heavy (non-hydrogen) atoms. The molecule has 0 aliphatic carbocycles. The number of methoxy groups -OCH3 is 2. The van der Waals surface area contributed by atoms with Crippen LogP contribution in [0, 0.1) is 6.92 Å². The molecule has 1 N–H and O–H groups in total. The number of ether oxygens (including phenoxy) is 2. The van der Waals surface area contributed by atoms with Crippen molar-refractivity contribution >= 4 is 17.7 Å². The van der Waals surface area contributed by atoms with Gasteiger partial charge in [-0.05, 0) is 37.1 Å². The molecule has 2 aromatic heterocycles. The molecule has 154 valence electrons. The van der Waals surface area contributed by atoms with Gasteiger partial charge < -0.3 is 23.8 Å². The first-order chi connectivity index (χ1) is 14.0. The second-order valence-corrected chi connectivity index (χ2v) is 7.28. The van der Waals surface area contributed by atoms with Crippen LogP contribution in [0.1, 0.15) is 11.3 Å². The highest BCUT2D eigenvalue weighted by Gasteiger charge is 2.15. The molecular formula is C20H24N4O4S. The molecule has 0 unspecified atom stereocenters. The number of amides is 1. The van der Waals surface area contributed by atoms with E-state index in [0.29, 0.717) is 35.4 Å². The summed E-state index contributed by atoms with van der Waals surface area (Å²) in [5.41, 5.74) is 1.95. The summed E-state index contributed by atoms with van der Waals surface area (Å²) in [4.78, 5) is 12.2. The van der Waals surface area contributed by atoms with Gasteiger partial charge in [-0.15, -0.1) is 10.2 Å². The molecule has 0 bridgehead atoms. The first-order valence-corrected chi connectivity index (χ1v) is 10.1. The molecule has 8 nitrogen and oxygen atoms in total. The van der Waals surface area contributed by atoms with Crippen LogP contribution in [-0.2, 0) is 18.3 Å². The van der Waals surface area contributed by atoms with Gasteiger partial charge in [0, 0.05) is 13.6 Å². The Morgan fingerprint density at radius 3 is 2.69 bits per heavy atom. The van der Waals surface area contributed by atoms with Crippen molar-refractivity contribution in [3.63, 3.8) is 0 Å². The van der Waals surface area contributed by atoms with Gasteiger partial charge in [-0.25, -0.2) is 0 Å². The van der Waals surface area contributed by atoms with Crippen molar-refractivity contribution in [1.29, 1.82) is 0 Å². The zero-order valence-corrected chi connectivity index (χ0v) is 17.7. The summed E-state index contributed by atoms with van der Waals surface area (Å²) in [5, 5.41) is 12.0. The van der Waals surface area contributed by atoms with Gasteiger partial charge in [0.25, 0.3) is 0 Å². The van der Waals surface area contributed by atoms with Crippen LogP contribution in [0.4, 0.5) is 0 Å². The highest BCUT2D eigenvalue weighted by Crippen LogP contribution is 2.28. The van der Waals surface area contributed by atoms with Crippen LogP contribution in [0.2, 0.25) is 0 Å². The van der Waals surface area contributed by atoms with Crippen molar-refractivity contribution in [2.45, 2.75) is 18.5 Å². The fraction of sp³-hybridized carbons (Fsp3) is 0.350. The molecular weight excluding hydrogens is 392 g/mol. The third-order valence-corrected chi connectivity index (χ3v) is 5.47. The van der Waals surface area contributed by atoms with Gasteiger partial charge in [0.15, 0.2) is 22.5 Å². The number of rotatable bonds is 9. The zero-order chi connectivity index (χ0) is 20.8. The minimum absolute atomic E-state index is 0.0560. The van der Waals surface area contributed by atoms with Crippen molar-refractivity contribution in [3.8, 4) is 22.9 Å². The molecule has 0 atom stereocenters. The van der Waals surface area contributed by atoms with Crippen LogP contribution in [0.15, 0.2) is 40.1 Å². The maximum absolute atomic E-state index is 12.2. The molecule has 1 amide bonds. The van der Waals surface area contributed by atoms with Gasteiger partial charge >= 0.3 is 0 Å². The number of carbonyl (C=O) groups is 1. The lowest BCUT2D eigenvalue weighted by atomic mass is 10.1. The van der Waals surface area contributed by atoms with Crippen molar-refractivity contribution in [2.75, 3.05) is 26.5 Å². The van der Waals surface area contributed by atoms with E-state index < -0.39 is 0 Å². The molecule has 0 spiro atoms. The first-order valence-electron chi connectivity index (χ1n) is 9.07. The van der Waals surface area contributed by atoms with E-state index >= 15 is 0 Å². The van der Waals surface area contributed by atoms with Crippen LogP contribution < -0.4 is 14.8 Å². The fourth-order valence-electron chi connectivity index (χ4n) is 2.86. The summed E-state index contributed by atoms with van der Waals surface area (Å²) in [6.45, 7) is 2.41. The van der Waals surface area contributed by atoms with Crippen molar-refractivity contribution in [3.05, 3.63) is 41.9 Å². The Kier molecular flexibility index (Phi) is 6.82. The van der Waals surface area contributed by atoms with Crippen molar-refractivity contribution in [1.82, 2.24) is 20.1 Å². The highest BCUT2D eigenvalue weighted by atomic mass is 32.2. The number of furan rings is 1. The van der Waals surface area contributed by atoms with Crippen molar-refractivity contribution in [2.24, 2.45) is 7.05 Å². The molecule has 0 radical (unpaired) electrons. The molecule has 3 aromatic rings. The van der Waals surface area contributed by atoms with Gasteiger partial charge in [0.2, 0.25) is 5.91 Å². The van der Waals surface area contributed by atoms with Crippen LogP contribution in [-0.4, -0.2) is 47.2 Å². The van der Waals surface area contributed by atoms with Crippen molar-refractivity contribution < 1.29 is 18.7 Å². The predicted molar refractivity (Wildman–Crippen MR) is 110 cm³/mol. The third kappa shape index (κ3) is 4.92. The first kappa shape index (κ1) is 20.8. The topological polar surface area (TPSA) is 91.4 Å². The smallest absolute Gasteiger partial charge is 0.230 e. The summed E-state index contributed by atoms with van der Waals surface area (Å²) >= 11 is 1.35. The lowest BCUT2D eigenvalue weighted by Crippen LogP contribution is -2.27. The minimum atomic E-state index is -0.0560. The SMILES string of the molecule is COc1ccc(CCNC(=O)CSc2nnc(-c3ccoc3C)n2C)cc1OC. The summed E-state index contributed by atoms with van der Waals surface area (Å²) in [5.74, 6) is 3.07. The number of nitrogens with zero attached hydrogens (tertiary/aromatic N) is 3. The Bertz CT molecular complexity index is 983. The average Bonchev–Trinajstić information content (AvgIpc) is 3.31. The van der Waals surface area contributed by atoms with Crippen LogP contribution >= 0.6 is 11.8 Å². The monoisotopic (exact) mass is 416 g/mol. The number of aryl methyl sites for hydroxylation is 1. The Morgan fingerprint density at radius 2 is 2.00 bits per heavy atom. The van der Waals surface area contributed by atoms with Crippen LogP contribution in [0.5, 0.6) is 11.5 Å². The number of nitrogens with one attached hydrogen (secondary N) is 1. The van der Waals surface area contributed by atoms with Gasteiger partial charge in [0.05, 0.1) is 31.8 Å². The van der Waals surface area contributed by atoms with Gasteiger partial charge in [-0.2, -0.15) is 0 Å². The quantitative estimate of drug-likeness (QED) is 0.536. The van der Waals surface area contributed by atoms with E-state index in [4.69, 9.17) is 13.9 Å². The number of aromatic nitrogens is 3. The standard InChI is InChI=1S/C20H24N4O4S/c1-13-15(8-10-28-13)19-22-23-20(24(19)2)29-12-18(25)21-9-7-14-5-6-16(26-3)17(11-14)27-4/h5-6,8,10-11H,7,9,12H2,1-4H3,(H,21,25). The Hall–Kier alpha value is -2.94. The number of thioether (sulfide) groups is 1. The Balaban J connectivity index is 1.49. The van der Waals surface area contributed by atoms with Crippen LogP contribution in [0.3, 0.4) is 0 Å². The molecule has 1 aromatic carbocycles. The summed E-state index contributed by atoms with van der Waals surface area (Å²) in [6, 6.07) is 7.59. The zero-order valence-electron chi connectivity index (χ0n) is 16.9. The third-order valence-electron chi connectivity index (χ3n) is 4.45. The minimum Gasteiger partial charge on any atom is -0.493 e. The summed E-state index contributed by atoms with van der Waals surface area (Å²) in [6.07, 6.45) is 2.32. The number of benzene rings is 1. The average molecular weight is 417 g/mol. The van der Waals surface area contributed by atoms with E-state index in [1.807, 2.05) is 42.8 Å². The molecule has 0 fully saturated rings. The second-order valence-electron chi connectivity index (χ2n) is 6.33. The van der Waals surface area contributed by atoms with E-state index in [-0.39, 0.29) is 11.7 Å².